The van der Waals surface area contributed by atoms with E-state index in [4.69, 9.17) is 16.0 Å². The first kappa shape index (κ1) is 15.8. The third kappa shape index (κ3) is 3.32. The van der Waals surface area contributed by atoms with Gasteiger partial charge in [-0.25, -0.2) is 0 Å². The first-order chi connectivity index (χ1) is 11.1. The maximum atomic E-state index is 12.7. The maximum Gasteiger partial charge on any atom is 0.254 e. The van der Waals surface area contributed by atoms with Crippen molar-refractivity contribution in [1.29, 1.82) is 0 Å². The van der Waals surface area contributed by atoms with Gasteiger partial charge >= 0.3 is 0 Å². The van der Waals surface area contributed by atoms with Gasteiger partial charge in [-0.3, -0.25) is 9.59 Å². The van der Waals surface area contributed by atoms with Crippen molar-refractivity contribution in [3.05, 3.63) is 58.5 Å². The lowest BCUT2D eigenvalue weighted by molar-refractivity contribution is 0.0713. The van der Waals surface area contributed by atoms with E-state index in [1.54, 1.807) is 29.2 Å². The van der Waals surface area contributed by atoms with E-state index in [-0.39, 0.29) is 17.7 Å². The number of ketones is 1. The van der Waals surface area contributed by atoms with Crippen LogP contribution in [-0.4, -0.2) is 29.2 Å². The monoisotopic (exact) mass is 331 g/mol. The fourth-order valence-corrected chi connectivity index (χ4v) is 3.14. The number of benzene rings is 1. The fraction of sp³-hybridized carbons (Fsp3) is 0.333. The Morgan fingerprint density at radius 1 is 1.35 bits per heavy atom. The van der Waals surface area contributed by atoms with E-state index < -0.39 is 0 Å². The van der Waals surface area contributed by atoms with Crippen molar-refractivity contribution in [3.8, 4) is 0 Å². The summed E-state index contributed by atoms with van der Waals surface area (Å²) >= 11 is 6.12. The van der Waals surface area contributed by atoms with Crippen LogP contribution in [0.2, 0.25) is 5.02 Å². The van der Waals surface area contributed by atoms with Crippen LogP contribution in [0.4, 0.5) is 0 Å². The van der Waals surface area contributed by atoms with E-state index in [2.05, 4.69) is 0 Å². The summed E-state index contributed by atoms with van der Waals surface area (Å²) in [4.78, 5) is 26.7. The van der Waals surface area contributed by atoms with E-state index in [9.17, 15) is 9.59 Å². The Kier molecular flexibility index (Phi) is 4.53. The minimum Gasteiger partial charge on any atom is -0.461 e. The highest BCUT2D eigenvalue weighted by Gasteiger charge is 2.31. The van der Waals surface area contributed by atoms with Gasteiger partial charge in [0.15, 0.2) is 11.5 Å². The molecular weight excluding hydrogens is 314 g/mol. The zero-order valence-electron chi connectivity index (χ0n) is 12.9. The molecule has 1 aromatic carbocycles. The summed E-state index contributed by atoms with van der Waals surface area (Å²) < 4.78 is 5.14. The number of hydrogen-bond donors (Lipinski definition) is 0. The molecule has 0 spiro atoms. The molecule has 4 nitrogen and oxygen atoms in total. The summed E-state index contributed by atoms with van der Waals surface area (Å²) in [6.45, 7) is 2.57. The van der Waals surface area contributed by atoms with Gasteiger partial charge in [-0.15, -0.1) is 0 Å². The van der Waals surface area contributed by atoms with Crippen LogP contribution in [0.1, 0.15) is 45.7 Å². The fourth-order valence-electron chi connectivity index (χ4n) is 2.96. The van der Waals surface area contributed by atoms with E-state index in [1.165, 1.54) is 6.26 Å². The van der Waals surface area contributed by atoms with Crippen LogP contribution in [0, 0.1) is 6.92 Å². The third-order valence-electron chi connectivity index (χ3n) is 4.27. The van der Waals surface area contributed by atoms with Crippen molar-refractivity contribution in [2.24, 2.45) is 0 Å². The third-order valence-corrected chi connectivity index (χ3v) is 4.68. The quantitative estimate of drug-likeness (QED) is 0.792. The van der Waals surface area contributed by atoms with Crippen LogP contribution in [0.15, 0.2) is 41.0 Å². The van der Waals surface area contributed by atoms with Gasteiger partial charge in [0.2, 0.25) is 0 Å². The largest absolute Gasteiger partial charge is 0.461 e. The molecule has 1 aromatic heterocycles. The van der Waals surface area contributed by atoms with Gasteiger partial charge in [0, 0.05) is 29.6 Å². The summed E-state index contributed by atoms with van der Waals surface area (Å²) in [6.07, 6.45) is 3.51. The predicted molar refractivity (Wildman–Crippen MR) is 87.9 cm³/mol. The second-order valence-electron chi connectivity index (χ2n) is 5.86. The Bertz CT molecular complexity index is 724. The molecule has 2 heterocycles. The standard InChI is InChI=1S/C18H18ClNO3/c1-12-6-7-13(10-15(12)19)18(22)20-8-2-4-14(20)11-16(21)17-5-3-9-23-17/h3,5-7,9-10,14H,2,4,8,11H2,1H3. The first-order valence-corrected chi connectivity index (χ1v) is 8.08. The van der Waals surface area contributed by atoms with Crippen molar-refractivity contribution in [3.63, 3.8) is 0 Å². The van der Waals surface area contributed by atoms with Gasteiger partial charge in [0.05, 0.1) is 6.26 Å². The number of halogens is 1. The lowest BCUT2D eigenvalue weighted by Gasteiger charge is -2.24. The molecule has 0 bridgehead atoms. The average molecular weight is 332 g/mol. The minimum atomic E-state index is -0.0832. The van der Waals surface area contributed by atoms with Gasteiger partial charge in [-0.2, -0.15) is 0 Å². The Hall–Kier alpha value is -2.07. The summed E-state index contributed by atoms with van der Waals surface area (Å²) in [5.74, 6) is 0.214. The molecule has 1 aliphatic heterocycles. The molecule has 23 heavy (non-hydrogen) atoms. The summed E-state index contributed by atoms with van der Waals surface area (Å²) in [6, 6.07) is 8.59. The van der Waals surface area contributed by atoms with Gasteiger partial charge in [-0.1, -0.05) is 17.7 Å². The van der Waals surface area contributed by atoms with Crippen molar-refractivity contribution in [2.75, 3.05) is 6.54 Å². The number of amides is 1. The number of likely N-dealkylation sites (tertiary alicyclic amines) is 1. The minimum absolute atomic E-state index is 0.0679. The lowest BCUT2D eigenvalue weighted by Crippen LogP contribution is -2.36. The first-order valence-electron chi connectivity index (χ1n) is 7.70. The molecule has 3 rings (SSSR count). The van der Waals surface area contributed by atoms with Gasteiger partial charge in [0.25, 0.3) is 5.91 Å². The number of rotatable bonds is 4. The summed E-state index contributed by atoms with van der Waals surface area (Å²) in [5.41, 5.74) is 1.51. The van der Waals surface area contributed by atoms with E-state index >= 15 is 0 Å². The van der Waals surface area contributed by atoms with E-state index in [0.29, 0.717) is 29.3 Å². The molecule has 0 aliphatic carbocycles. The molecule has 1 atom stereocenters. The van der Waals surface area contributed by atoms with Gasteiger partial charge in [0.1, 0.15) is 0 Å². The van der Waals surface area contributed by atoms with Crippen molar-refractivity contribution in [1.82, 2.24) is 4.90 Å². The molecule has 0 N–H and O–H groups in total. The van der Waals surface area contributed by atoms with Crippen molar-refractivity contribution >= 4 is 23.3 Å². The lowest BCUT2D eigenvalue weighted by atomic mass is 10.1. The Balaban J connectivity index is 1.74. The normalized spacial score (nSPS) is 17.5. The summed E-state index contributed by atoms with van der Waals surface area (Å²) in [7, 11) is 0. The van der Waals surface area contributed by atoms with E-state index in [1.807, 2.05) is 13.0 Å². The topological polar surface area (TPSA) is 50.5 Å². The predicted octanol–water partition coefficient (Wildman–Crippen LogP) is 4.12. The smallest absolute Gasteiger partial charge is 0.254 e. The van der Waals surface area contributed by atoms with Crippen LogP contribution < -0.4 is 0 Å². The highest BCUT2D eigenvalue weighted by atomic mass is 35.5. The van der Waals surface area contributed by atoms with Crippen molar-refractivity contribution in [2.45, 2.75) is 32.2 Å². The molecule has 0 saturated carbocycles. The number of furan rings is 1. The average Bonchev–Trinajstić information content (AvgIpc) is 3.20. The highest BCUT2D eigenvalue weighted by Crippen LogP contribution is 2.25. The summed E-state index contributed by atoms with van der Waals surface area (Å²) in [5, 5.41) is 0.582. The second kappa shape index (κ2) is 6.59. The molecule has 1 amide bonds. The number of nitrogens with zero attached hydrogens (tertiary/aromatic N) is 1. The highest BCUT2D eigenvalue weighted by molar-refractivity contribution is 6.31. The number of carbonyl (C=O) groups excluding carboxylic acids is 2. The number of carbonyl (C=O) groups is 2. The molecular formula is C18H18ClNO3. The van der Waals surface area contributed by atoms with Crippen LogP contribution in [0.5, 0.6) is 0 Å². The second-order valence-corrected chi connectivity index (χ2v) is 6.27. The Morgan fingerprint density at radius 2 is 2.17 bits per heavy atom. The van der Waals surface area contributed by atoms with Crippen molar-refractivity contribution < 1.29 is 14.0 Å². The van der Waals surface area contributed by atoms with Gasteiger partial charge < -0.3 is 9.32 Å². The molecule has 1 aliphatic rings. The number of hydrogen-bond acceptors (Lipinski definition) is 3. The van der Waals surface area contributed by atoms with Crippen LogP contribution in [-0.2, 0) is 0 Å². The van der Waals surface area contributed by atoms with Crippen LogP contribution >= 0.6 is 11.6 Å². The van der Waals surface area contributed by atoms with E-state index in [0.717, 1.165) is 18.4 Å². The molecule has 120 valence electrons. The molecule has 2 aromatic rings. The molecule has 1 saturated heterocycles. The number of Topliss-reactive ketones (excluding diaryl/α,β-unsaturated/α-hetero) is 1. The number of aryl methyl sites for hydroxylation is 1. The maximum absolute atomic E-state index is 12.7. The molecule has 0 radical (unpaired) electrons. The Morgan fingerprint density at radius 3 is 2.87 bits per heavy atom. The zero-order chi connectivity index (χ0) is 16.4. The van der Waals surface area contributed by atoms with Gasteiger partial charge in [-0.05, 0) is 49.6 Å². The molecule has 1 unspecified atom stereocenters. The SMILES string of the molecule is Cc1ccc(C(=O)N2CCCC2CC(=O)c2ccco2)cc1Cl. The molecule has 5 heteroatoms. The Labute approximate surface area is 140 Å². The van der Waals surface area contributed by atoms with Crippen LogP contribution in [0.25, 0.3) is 0 Å². The molecule has 1 fully saturated rings. The van der Waals surface area contributed by atoms with Crippen LogP contribution in [0.3, 0.4) is 0 Å². The zero-order valence-corrected chi connectivity index (χ0v) is 13.7.